The summed E-state index contributed by atoms with van der Waals surface area (Å²) in [6.07, 6.45) is 1.03. The molecule has 0 saturated carbocycles. The molecule has 12 heteroatoms. The Balaban J connectivity index is 1.16. The fourth-order valence-corrected chi connectivity index (χ4v) is 8.45. The number of piperazine rings is 1. The van der Waals surface area contributed by atoms with E-state index >= 15 is 0 Å². The van der Waals surface area contributed by atoms with E-state index in [1.165, 1.54) is 33.8 Å². The van der Waals surface area contributed by atoms with Crippen molar-refractivity contribution in [1.82, 2.24) is 14.2 Å². The van der Waals surface area contributed by atoms with Gasteiger partial charge in [0, 0.05) is 45.2 Å². The Morgan fingerprint density at radius 1 is 1.03 bits per heavy atom. The van der Waals surface area contributed by atoms with E-state index in [1.54, 1.807) is 12.1 Å². The van der Waals surface area contributed by atoms with Crippen molar-refractivity contribution < 1.29 is 17.6 Å². The summed E-state index contributed by atoms with van der Waals surface area (Å²) in [5.74, 6) is -0.344. The maximum atomic E-state index is 13.5. The SMILES string of the molecule is O=C(C1CCN(S(=O)(=O)c2ccc(Cl)s2)CC1)N1CCN(c2nc3ccc(F)cc3s2)CC1. The molecule has 2 fully saturated rings. The molecule has 0 atom stereocenters. The molecule has 33 heavy (non-hydrogen) atoms. The molecule has 2 aliphatic heterocycles. The maximum Gasteiger partial charge on any atom is 0.252 e. The van der Waals surface area contributed by atoms with Gasteiger partial charge < -0.3 is 9.80 Å². The molecule has 4 heterocycles. The zero-order chi connectivity index (χ0) is 23.2. The third-order valence-corrected chi connectivity index (χ3v) is 10.8. The van der Waals surface area contributed by atoms with E-state index in [2.05, 4.69) is 9.88 Å². The van der Waals surface area contributed by atoms with E-state index in [4.69, 9.17) is 11.6 Å². The topological polar surface area (TPSA) is 73.8 Å². The second-order valence-corrected chi connectivity index (χ2v) is 13.0. The molecule has 2 saturated heterocycles. The van der Waals surface area contributed by atoms with Crippen molar-refractivity contribution in [3.63, 3.8) is 0 Å². The molecule has 0 bridgehead atoms. The van der Waals surface area contributed by atoms with Crippen LogP contribution in [0.3, 0.4) is 0 Å². The Labute approximate surface area is 204 Å². The second-order valence-electron chi connectivity index (χ2n) is 8.16. The van der Waals surface area contributed by atoms with Gasteiger partial charge >= 0.3 is 0 Å². The Bertz CT molecular complexity index is 1280. The average molecular weight is 529 g/mol. The number of hydrogen-bond donors (Lipinski definition) is 0. The van der Waals surface area contributed by atoms with Crippen LogP contribution in [0.5, 0.6) is 0 Å². The van der Waals surface area contributed by atoms with E-state index < -0.39 is 10.0 Å². The lowest BCUT2D eigenvalue weighted by Crippen LogP contribution is -2.52. The minimum atomic E-state index is -3.56. The van der Waals surface area contributed by atoms with Gasteiger partial charge in [-0.2, -0.15) is 4.31 Å². The fourth-order valence-electron chi connectivity index (χ4n) is 4.30. The van der Waals surface area contributed by atoms with Crippen LogP contribution in [0.25, 0.3) is 10.2 Å². The van der Waals surface area contributed by atoms with Gasteiger partial charge in [0.1, 0.15) is 10.0 Å². The van der Waals surface area contributed by atoms with Crippen LogP contribution in [-0.4, -0.2) is 67.8 Å². The van der Waals surface area contributed by atoms with Crippen LogP contribution >= 0.6 is 34.3 Å². The van der Waals surface area contributed by atoms with Crippen LogP contribution in [0.1, 0.15) is 12.8 Å². The zero-order valence-corrected chi connectivity index (χ0v) is 20.8. The molecule has 1 aromatic carbocycles. The molecule has 0 unspecified atom stereocenters. The van der Waals surface area contributed by atoms with Crippen molar-refractivity contribution in [2.45, 2.75) is 17.1 Å². The number of thiophene rings is 1. The monoisotopic (exact) mass is 528 g/mol. The molecule has 0 aliphatic carbocycles. The number of aromatic nitrogens is 1. The Hall–Kier alpha value is -1.79. The molecule has 2 aliphatic rings. The first-order valence-corrected chi connectivity index (χ1v) is 14.1. The largest absolute Gasteiger partial charge is 0.345 e. The van der Waals surface area contributed by atoms with Gasteiger partial charge in [-0.25, -0.2) is 17.8 Å². The summed E-state index contributed by atoms with van der Waals surface area (Å²) in [5.41, 5.74) is 0.779. The van der Waals surface area contributed by atoms with Crippen LogP contribution in [-0.2, 0) is 14.8 Å². The standard InChI is InChI=1S/C21H22ClFN4O3S3/c22-18-3-4-19(32-18)33(29,30)27-7-5-14(6-8-27)20(28)25-9-11-26(12-10-25)21-24-16-2-1-15(23)13-17(16)31-21/h1-4,13-14H,5-12H2. The quantitative estimate of drug-likeness (QED) is 0.513. The molecule has 5 rings (SSSR count). The molecule has 1 amide bonds. The van der Waals surface area contributed by atoms with Crippen molar-refractivity contribution in [1.29, 1.82) is 0 Å². The first-order chi connectivity index (χ1) is 15.8. The molecule has 0 N–H and O–H groups in total. The van der Waals surface area contributed by atoms with E-state index in [0.717, 1.165) is 26.7 Å². The normalized spacial score (nSPS) is 18.8. The lowest BCUT2D eigenvalue weighted by molar-refractivity contribution is -0.137. The van der Waals surface area contributed by atoms with E-state index in [-0.39, 0.29) is 21.9 Å². The van der Waals surface area contributed by atoms with Gasteiger partial charge in [-0.1, -0.05) is 22.9 Å². The number of nitrogens with zero attached hydrogens (tertiary/aromatic N) is 4. The maximum absolute atomic E-state index is 13.5. The van der Waals surface area contributed by atoms with Crippen LogP contribution in [0.4, 0.5) is 9.52 Å². The summed E-state index contributed by atoms with van der Waals surface area (Å²) >= 11 is 8.41. The van der Waals surface area contributed by atoms with Gasteiger partial charge in [0.05, 0.1) is 14.6 Å². The van der Waals surface area contributed by atoms with Crippen LogP contribution < -0.4 is 4.90 Å². The summed E-state index contributed by atoms with van der Waals surface area (Å²) in [4.78, 5) is 21.7. The van der Waals surface area contributed by atoms with Crippen LogP contribution in [0, 0.1) is 11.7 Å². The highest BCUT2D eigenvalue weighted by molar-refractivity contribution is 7.91. The summed E-state index contributed by atoms with van der Waals surface area (Å²) in [6, 6.07) is 7.71. The van der Waals surface area contributed by atoms with Crippen LogP contribution in [0.15, 0.2) is 34.5 Å². The molecule has 0 spiro atoms. The summed E-state index contributed by atoms with van der Waals surface area (Å²) in [5, 5.41) is 0.842. The number of fused-ring (bicyclic) bond motifs is 1. The lowest BCUT2D eigenvalue weighted by Gasteiger charge is -2.38. The highest BCUT2D eigenvalue weighted by atomic mass is 35.5. The van der Waals surface area contributed by atoms with Gasteiger partial charge in [0.2, 0.25) is 5.91 Å². The zero-order valence-electron chi connectivity index (χ0n) is 17.6. The van der Waals surface area contributed by atoms with Gasteiger partial charge in [0.25, 0.3) is 10.0 Å². The minimum Gasteiger partial charge on any atom is -0.345 e. The molecule has 7 nitrogen and oxygen atoms in total. The van der Waals surface area contributed by atoms with Crippen molar-refractivity contribution in [2.75, 3.05) is 44.2 Å². The number of carbonyl (C=O) groups is 1. The average Bonchev–Trinajstić information content (AvgIpc) is 3.45. The van der Waals surface area contributed by atoms with Gasteiger partial charge in [-0.15, -0.1) is 11.3 Å². The van der Waals surface area contributed by atoms with E-state index in [1.807, 2.05) is 4.90 Å². The predicted octanol–water partition coefficient (Wildman–Crippen LogP) is 3.90. The number of hydrogen-bond acceptors (Lipinski definition) is 7. The Morgan fingerprint density at radius 3 is 2.42 bits per heavy atom. The molecule has 176 valence electrons. The first kappa shape index (κ1) is 23.0. The number of amides is 1. The molecule has 0 radical (unpaired) electrons. The highest BCUT2D eigenvalue weighted by Gasteiger charge is 2.35. The molecular formula is C21H22ClFN4O3S3. The second kappa shape index (κ2) is 9.10. The Kier molecular flexibility index (Phi) is 6.34. The van der Waals surface area contributed by atoms with Crippen molar-refractivity contribution in [3.05, 3.63) is 40.5 Å². The van der Waals surface area contributed by atoms with Crippen LogP contribution in [0.2, 0.25) is 4.34 Å². The number of thiazole rings is 1. The third-order valence-electron chi connectivity index (χ3n) is 6.15. The lowest BCUT2D eigenvalue weighted by atomic mass is 9.96. The summed E-state index contributed by atoms with van der Waals surface area (Å²) in [6.45, 7) is 3.18. The predicted molar refractivity (Wildman–Crippen MR) is 129 cm³/mol. The summed E-state index contributed by atoms with van der Waals surface area (Å²) in [7, 11) is -3.56. The van der Waals surface area contributed by atoms with E-state index in [0.29, 0.717) is 56.4 Å². The summed E-state index contributed by atoms with van der Waals surface area (Å²) < 4.78 is 42.0. The molecule has 3 aromatic rings. The fraction of sp³-hybridized carbons (Fsp3) is 0.429. The van der Waals surface area contributed by atoms with Crippen molar-refractivity contribution >= 4 is 65.6 Å². The minimum absolute atomic E-state index is 0.0947. The molecule has 2 aromatic heterocycles. The van der Waals surface area contributed by atoms with Crippen molar-refractivity contribution in [2.24, 2.45) is 5.92 Å². The number of rotatable bonds is 4. The number of sulfonamides is 1. The Morgan fingerprint density at radius 2 is 1.76 bits per heavy atom. The van der Waals surface area contributed by atoms with Crippen molar-refractivity contribution in [3.8, 4) is 0 Å². The van der Waals surface area contributed by atoms with Gasteiger partial charge in [0.15, 0.2) is 5.13 Å². The number of piperidine rings is 1. The smallest absolute Gasteiger partial charge is 0.252 e. The number of anilines is 1. The third kappa shape index (κ3) is 4.61. The van der Waals surface area contributed by atoms with Gasteiger partial charge in [-0.05, 0) is 43.2 Å². The van der Waals surface area contributed by atoms with Gasteiger partial charge in [-0.3, -0.25) is 4.79 Å². The number of carbonyl (C=O) groups excluding carboxylic acids is 1. The number of halogens is 2. The first-order valence-electron chi connectivity index (χ1n) is 10.7. The molecular weight excluding hydrogens is 507 g/mol. The number of benzene rings is 1. The van der Waals surface area contributed by atoms with E-state index in [9.17, 15) is 17.6 Å². The highest BCUT2D eigenvalue weighted by Crippen LogP contribution is 2.32.